The highest BCUT2D eigenvalue weighted by Crippen LogP contribution is 2.33. The van der Waals surface area contributed by atoms with Gasteiger partial charge in [-0.3, -0.25) is 4.79 Å². The summed E-state index contributed by atoms with van der Waals surface area (Å²) in [7, 11) is -3.60. The molecule has 1 N–H and O–H groups in total. The molecule has 2 heterocycles. The van der Waals surface area contributed by atoms with E-state index in [2.05, 4.69) is 10.3 Å². The van der Waals surface area contributed by atoms with Gasteiger partial charge in [-0.1, -0.05) is 29.0 Å². The molecule has 0 aliphatic carbocycles. The summed E-state index contributed by atoms with van der Waals surface area (Å²) in [5.41, 5.74) is 1.28. The smallest absolute Gasteiger partial charge is 0.274 e. The number of anilines is 1. The maximum absolute atomic E-state index is 12.9. The van der Waals surface area contributed by atoms with E-state index in [9.17, 15) is 13.2 Å². The summed E-state index contributed by atoms with van der Waals surface area (Å²) >= 11 is 7.60. The predicted molar refractivity (Wildman–Crippen MR) is 118 cm³/mol. The van der Waals surface area contributed by atoms with E-state index in [0.29, 0.717) is 41.8 Å². The van der Waals surface area contributed by atoms with E-state index in [-0.39, 0.29) is 16.9 Å². The maximum Gasteiger partial charge on any atom is 0.274 e. The van der Waals surface area contributed by atoms with Crippen LogP contribution in [0.25, 0.3) is 10.2 Å². The van der Waals surface area contributed by atoms with Crippen molar-refractivity contribution in [3.8, 4) is 5.19 Å². The molecule has 0 atom stereocenters. The first-order valence-corrected chi connectivity index (χ1v) is 12.1. The molecule has 0 bridgehead atoms. The molecule has 1 aliphatic rings. The number of halogens is 1. The van der Waals surface area contributed by atoms with Gasteiger partial charge in [0.05, 0.1) is 14.6 Å². The maximum atomic E-state index is 12.9. The average Bonchev–Trinajstić information content (AvgIpc) is 3.12. The van der Waals surface area contributed by atoms with Crippen LogP contribution in [0.2, 0.25) is 5.02 Å². The zero-order valence-corrected chi connectivity index (χ0v) is 18.6. The second kappa shape index (κ2) is 8.50. The Hall–Kier alpha value is -2.20. The first-order chi connectivity index (χ1) is 14.3. The molecular formula is C20H20ClN3O4S2. The number of amides is 1. The lowest BCUT2D eigenvalue weighted by Gasteiger charge is -2.30. The summed E-state index contributed by atoms with van der Waals surface area (Å²) in [6, 6.07) is 11.8. The third kappa shape index (κ3) is 4.44. The summed E-state index contributed by atoms with van der Waals surface area (Å²) in [6.45, 7) is 2.14. The van der Waals surface area contributed by atoms with Gasteiger partial charge in [0.25, 0.3) is 5.19 Å². The topological polar surface area (TPSA) is 88.6 Å². The molecular weight excluding hydrogens is 446 g/mol. The van der Waals surface area contributed by atoms with Crippen LogP contribution in [0.1, 0.15) is 19.8 Å². The fourth-order valence-electron chi connectivity index (χ4n) is 3.34. The van der Waals surface area contributed by atoms with Crippen LogP contribution in [-0.2, 0) is 14.8 Å². The van der Waals surface area contributed by atoms with Gasteiger partial charge in [-0.05, 0) is 49.2 Å². The van der Waals surface area contributed by atoms with Crippen LogP contribution in [0, 0.1) is 0 Å². The molecule has 1 amide bonds. The van der Waals surface area contributed by atoms with E-state index in [1.54, 1.807) is 18.2 Å². The number of benzene rings is 2. The molecule has 1 aliphatic heterocycles. The van der Waals surface area contributed by atoms with E-state index in [1.165, 1.54) is 34.7 Å². The van der Waals surface area contributed by atoms with Crippen molar-refractivity contribution in [3.05, 3.63) is 47.5 Å². The van der Waals surface area contributed by atoms with Crippen molar-refractivity contribution in [1.82, 2.24) is 9.29 Å². The quantitative estimate of drug-likeness (QED) is 0.611. The van der Waals surface area contributed by atoms with Gasteiger partial charge in [0.2, 0.25) is 15.9 Å². The normalized spacial score (nSPS) is 15.9. The Kier molecular flexibility index (Phi) is 5.97. The SMILES string of the molecule is CC(=O)Nc1ccc(S(=O)(=O)N2CCC(Oc3nc4c(Cl)cccc4s3)CC2)cc1. The Bertz CT molecular complexity index is 1170. The molecule has 1 aromatic heterocycles. The number of nitrogens with zero attached hydrogens (tertiary/aromatic N) is 2. The average molecular weight is 466 g/mol. The Balaban J connectivity index is 1.39. The molecule has 3 aromatic rings. The molecule has 158 valence electrons. The number of rotatable bonds is 5. The number of ether oxygens (including phenoxy) is 1. The number of aromatic nitrogens is 1. The molecule has 4 rings (SSSR count). The second-order valence-corrected chi connectivity index (χ2v) is 10.3. The van der Waals surface area contributed by atoms with Crippen LogP contribution in [0.15, 0.2) is 47.4 Å². The van der Waals surface area contributed by atoms with E-state index in [4.69, 9.17) is 16.3 Å². The van der Waals surface area contributed by atoms with Crippen LogP contribution < -0.4 is 10.1 Å². The third-order valence-electron chi connectivity index (χ3n) is 4.83. The highest BCUT2D eigenvalue weighted by molar-refractivity contribution is 7.89. The van der Waals surface area contributed by atoms with Gasteiger partial charge in [-0.15, -0.1) is 0 Å². The number of sulfonamides is 1. The lowest BCUT2D eigenvalue weighted by molar-refractivity contribution is -0.114. The number of carbonyl (C=O) groups is 1. The van der Waals surface area contributed by atoms with Gasteiger partial charge in [0, 0.05) is 25.7 Å². The standard InChI is InChI=1S/C20H20ClN3O4S2/c1-13(25)22-14-5-7-16(8-6-14)30(26,27)24-11-9-15(10-12-24)28-20-23-19-17(21)3-2-4-18(19)29-20/h2-8,15H,9-12H2,1H3,(H,22,25). The molecule has 2 aromatic carbocycles. The summed E-state index contributed by atoms with van der Waals surface area (Å²) in [6.07, 6.45) is 1.05. The van der Waals surface area contributed by atoms with Crippen LogP contribution in [0.4, 0.5) is 5.69 Å². The zero-order valence-electron chi connectivity index (χ0n) is 16.2. The van der Waals surface area contributed by atoms with E-state index in [1.807, 2.05) is 12.1 Å². The molecule has 0 saturated carbocycles. The van der Waals surface area contributed by atoms with Gasteiger partial charge >= 0.3 is 0 Å². The molecule has 30 heavy (non-hydrogen) atoms. The lowest BCUT2D eigenvalue weighted by Crippen LogP contribution is -2.41. The largest absolute Gasteiger partial charge is 0.467 e. The molecule has 0 spiro atoms. The Labute approximate surface area is 183 Å². The molecule has 7 nitrogen and oxygen atoms in total. The number of carbonyl (C=O) groups excluding carboxylic acids is 1. The van der Waals surface area contributed by atoms with Crippen LogP contribution in [-0.4, -0.2) is 42.8 Å². The van der Waals surface area contributed by atoms with Gasteiger partial charge in [0.1, 0.15) is 11.6 Å². The number of piperidine rings is 1. The third-order valence-corrected chi connectivity index (χ3v) is 7.96. The number of para-hydroxylation sites is 1. The molecule has 1 fully saturated rings. The van der Waals surface area contributed by atoms with E-state index in [0.717, 1.165) is 10.2 Å². The summed E-state index contributed by atoms with van der Waals surface area (Å²) in [5, 5.41) is 3.76. The molecule has 10 heteroatoms. The van der Waals surface area contributed by atoms with Crippen molar-refractivity contribution >= 4 is 54.8 Å². The number of nitrogens with one attached hydrogen (secondary N) is 1. The Morgan fingerprint density at radius 2 is 1.90 bits per heavy atom. The van der Waals surface area contributed by atoms with Gasteiger partial charge in [-0.2, -0.15) is 4.31 Å². The first-order valence-electron chi connectivity index (χ1n) is 9.42. The predicted octanol–water partition coefficient (Wildman–Crippen LogP) is 4.14. The van der Waals surface area contributed by atoms with Crippen molar-refractivity contribution in [2.45, 2.75) is 30.8 Å². The monoisotopic (exact) mass is 465 g/mol. The van der Waals surface area contributed by atoms with Crippen LogP contribution >= 0.6 is 22.9 Å². The minimum atomic E-state index is -3.60. The first kappa shape index (κ1) is 21.0. The zero-order chi connectivity index (χ0) is 21.3. The lowest BCUT2D eigenvalue weighted by atomic mass is 10.1. The van der Waals surface area contributed by atoms with Crippen molar-refractivity contribution < 1.29 is 17.9 Å². The summed E-state index contributed by atoms with van der Waals surface area (Å²) < 4.78 is 34.3. The minimum absolute atomic E-state index is 0.0991. The summed E-state index contributed by atoms with van der Waals surface area (Å²) in [5.74, 6) is -0.205. The minimum Gasteiger partial charge on any atom is -0.467 e. The number of hydrogen-bond donors (Lipinski definition) is 1. The van der Waals surface area contributed by atoms with Crippen molar-refractivity contribution in [3.63, 3.8) is 0 Å². The Morgan fingerprint density at radius 1 is 1.20 bits per heavy atom. The highest BCUT2D eigenvalue weighted by Gasteiger charge is 2.30. The van der Waals surface area contributed by atoms with Crippen molar-refractivity contribution in [2.24, 2.45) is 0 Å². The number of hydrogen-bond acceptors (Lipinski definition) is 6. The van der Waals surface area contributed by atoms with E-state index < -0.39 is 10.0 Å². The van der Waals surface area contributed by atoms with E-state index >= 15 is 0 Å². The number of thiazole rings is 1. The van der Waals surface area contributed by atoms with Crippen LogP contribution in [0.5, 0.6) is 5.19 Å². The summed E-state index contributed by atoms with van der Waals surface area (Å²) in [4.78, 5) is 15.8. The van der Waals surface area contributed by atoms with Gasteiger partial charge < -0.3 is 10.1 Å². The fourth-order valence-corrected chi connectivity index (χ4v) is 5.99. The van der Waals surface area contributed by atoms with Crippen molar-refractivity contribution in [2.75, 3.05) is 18.4 Å². The van der Waals surface area contributed by atoms with Gasteiger partial charge in [0.15, 0.2) is 0 Å². The Morgan fingerprint density at radius 3 is 2.53 bits per heavy atom. The molecule has 0 radical (unpaired) electrons. The number of fused-ring (bicyclic) bond motifs is 1. The second-order valence-electron chi connectivity index (χ2n) is 6.99. The highest BCUT2D eigenvalue weighted by atomic mass is 35.5. The fraction of sp³-hybridized carbons (Fsp3) is 0.300. The van der Waals surface area contributed by atoms with Crippen molar-refractivity contribution in [1.29, 1.82) is 0 Å². The van der Waals surface area contributed by atoms with Crippen LogP contribution in [0.3, 0.4) is 0 Å². The van der Waals surface area contributed by atoms with Gasteiger partial charge in [-0.25, -0.2) is 13.4 Å². The molecule has 0 unspecified atom stereocenters. The molecule has 1 saturated heterocycles.